The van der Waals surface area contributed by atoms with Crippen LogP contribution in [-0.2, 0) is 0 Å². The van der Waals surface area contributed by atoms with E-state index in [9.17, 15) is 0 Å². The highest BCUT2D eigenvalue weighted by molar-refractivity contribution is 6.16. The smallest absolute Gasteiger partial charge is 0.160 e. The molecule has 0 spiro atoms. The van der Waals surface area contributed by atoms with Crippen molar-refractivity contribution in [1.29, 1.82) is 0 Å². The van der Waals surface area contributed by atoms with Crippen LogP contribution in [0, 0.1) is 0 Å². The Hall–Kier alpha value is -16.7. The van der Waals surface area contributed by atoms with Crippen molar-refractivity contribution < 1.29 is 17.7 Å². The maximum atomic E-state index is 7.11. The molecule has 0 amide bonds. The van der Waals surface area contributed by atoms with Gasteiger partial charge in [-0.1, -0.05) is 249 Å². The molecule has 0 N–H and O–H groups in total. The van der Waals surface area contributed by atoms with Gasteiger partial charge in [-0.25, -0.2) is 29.9 Å². The van der Waals surface area contributed by atoms with Crippen molar-refractivity contribution in [1.82, 2.24) is 39.9 Å². The summed E-state index contributed by atoms with van der Waals surface area (Å²) in [5, 5.41) is 12.1. The van der Waals surface area contributed by atoms with Crippen LogP contribution in [0.4, 0.5) is 0 Å². The molecule has 15 aromatic carbocycles. The molecule has 0 atom stereocenters. The van der Waals surface area contributed by atoms with Crippen molar-refractivity contribution in [3.05, 3.63) is 376 Å². The zero-order valence-electron chi connectivity index (χ0n) is 65.0. The van der Waals surface area contributed by atoms with Crippen LogP contribution in [0.3, 0.4) is 0 Å². The number of aromatic nitrogens is 8. The normalized spacial score (nSPS) is 11.9. The van der Waals surface area contributed by atoms with E-state index in [1.54, 1.807) is 0 Å². The van der Waals surface area contributed by atoms with Gasteiger partial charge in [-0.2, -0.15) is 0 Å². The van der Waals surface area contributed by atoms with Crippen molar-refractivity contribution in [2.45, 2.75) is 0 Å². The molecule has 10 aromatic heterocycles. The lowest BCUT2D eigenvalue weighted by Gasteiger charge is -2.15. The molecule has 566 valence electrons. The van der Waals surface area contributed by atoms with Crippen LogP contribution >= 0.6 is 0 Å². The van der Waals surface area contributed by atoms with Crippen LogP contribution in [0.5, 0.6) is 0 Å². The largest absolute Gasteiger partial charge is 0.455 e. The Morgan fingerprint density at radius 3 is 1.07 bits per heavy atom. The van der Waals surface area contributed by atoms with Gasteiger partial charge in [0.15, 0.2) is 11.6 Å². The second kappa shape index (κ2) is 27.5. The van der Waals surface area contributed by atoms with Gasteiger partial charge in [0.05, 0.1) is 56.2 Å². The number of para-hydroxylation sites is 7. The maximum Gasteiger partial charge on any atom is 0.160 e. The lowest BCUT2D eigenvalue weighted by molar-refractivity contribution is 0.669. The standard InChI is InChI=1S/C110H62N8O4/c1-3-20-66(21-4-1)109-115-93(69-25-15-24-68(50-69)91-47-45-64-42-41-63-26-19-49-111-101(63)103(64)113-91)60-94(116-109)77-56-74(81-33-18-36-88-84-29-9-13-39-99(84)121-107(81)88)53-75(57-77)89-58-71(59-90-85-30-10-14-40-100(85)122-108(89)90)78-51-70-44-43-65-46-48-92(114-104(65)102(70)112-62-78)96-61-95(117-110(118-96)67-22-5-2-6-23-67)76-54-72(79-31-16-34-86-82-27-7-11-37-97(82)119-105(79)86)52-73(55-76)80-32-17-35-87-83-28-8-12-38-98(83)120-106(80)87/h1-62H. The summed E-state index contributed by atoms with van der Waals surface area (Å²) < 4.78 is 27.5. The van der Waals surface area contributed by atoms with E-state index >= 15 is 0 Å². The predicted molar refractivity (Wildman–Crippen MR) is 493 cm³/mol. The molecular weight excluding hydrogens is 1500 g/mol. The van der Waals surface area contributed by atoms with Crippen LogP contribution in [0.25, 0.3) is 266 Å². The number of hydrogen-bond acceptors (Lipinski definition) is 12. The Kier molecular flexibility index (Phi) is 15.4. The number of rotatable bonds is 12. The highest BCUT2D eigenvalue weighted by Crippen LogP contribution is 2.48. The van der Waals surface area contributed by atoms with Gasteiger partial charge in [0.1, 0.15) is 44.7 Å². The van der Waals surface area contributed by atoms with E-state index in [-0.39, 0.29) is 0 Å². The summed E-state index contributed by atoms with van der Waals surface area (Å²) in [5.74, 6) is 1.14. The molecule has 0 aliphatic heterocycles. The molecular formula is C110H62N8O4. The second-order valence-electron chi connectivity index (χ2n) is 31.2. The van der Waals surface area contributed by atoms with Gasteiger partial charge >= 0.3 is 0 Å². The highest BCUT2D eigenvalue weighted by atomic mass is 16.3. The molecule has 122 heavy (non-hydrogen) atoms. The van der Waals surface area contributed by atoms with Gasteiger partial charge < -0.3 is 17.7 Å². The number of pyridine rings is 4. The van der Waals surface area contributed by atoms with E-state index in [1.165, 1.54) is 0 Å². The number of fused-ring (bicyclic) bond motifs is 18. The molecule has 0 unspecified atom stereocenters. The number of nitrogens with zero attached hydrogens (tertiary/aromatic N) is 8. The Bertz CT molecular complexity index is 8550. The van der Waals surface area contributed by atoms with E-state index in [2.05, 4.69) is 273 Å². The average molecular weight is 1560 g/mol. The molecule has 0 radical (unpaired) electrons. The monoisotopic (exact) mass is 1560 g/mol. The summed E-state index contributed by atoms with van der Waals surface area (Å²) >= 11 is 0. The minimum atomic E-state index is 0.556. The Balaban J connectivity index is 0.642. The van der Waals surface area contributed by atoms with Gasteiger partial charge in [0.2, 0.25) is 0 Å². The number of benzene rings is 15. The van der Waals surface area contributed by atoms with Crippen molar-refractivity contribution in [2.24, 2.45) is 0 Å². The molecule has 0 saturated heterocycles. The third-order valence-corrected chi connectivity index (χ3v) is 23.9. The molecule has 0 bridgehead atoms. The minimum Gasteiger partial charge on any atom is -0.455 e. The predicted octanol–water partition coefficient (Wildman–Crippen LogP) is 29.1. The molecule has 10 heterocycles. The number of hydrogen-bond donors (Lipinski definition) is 0. The van der Waals surface area contributed by atoms with Crippen LogP contribution in [0.15, 0.2) is 394 Å². The zero-order chi connectivity index (χ0) is 80.0. The molecule has 25 aromatic rings. The van der Waals surface area contributed by atoms with Gasteiger partial charge in [-0.15, -0.1) is 0 Å². The van der Waals surface area contributed by atoms with Crippen molar-refractivity contribution >= 4 is 131 Å². The number of furan rings is 4. The molecule has 25 rings (SSSR count). The lowest BCUT2D eigenvalue weighted by Crippen LogP contribution is -1.98. The summed E-state index contributed by atoms with van der Waals surface area (Å²) in [6.07, 6.45) is 3.80. The van der Waals surface area contributed by atoms with Crippen LogP contribution in [0.2, 0.25) is 0 Å². The van der Waals surface area contributed by atoms with E-state index in [0.29, 0.717) is 28.7 Å². The van der Waals surface area contributed by atoms with Crippen molar-refractivity contribution in [3.8, 4) is 135 Å². The van der Waals surface area contributed by atoms with Crippen molar-refractivity contribution in [2.75, 3.05) is 0 Å². The summed E-state index contributed by atoms with van der Waals surface area (Å²) in [5.41, 5.74) is 28.5. The third-order valence-electron chi connectivity index (χ3n) is 23.9. The van der Waals surface area contributed by atoms with Gasteiger partial charge in [0.25, 0.3) is 0 Å². The third kappa shape index (κ3) is 11.4. The topological polar surface area (TPSA) is 156 Å². The maximum absolute atomic E-state index is 7.11. The molecule has 0 aliphatic rings. The summed E-state index contributed by atoms with van der Waals surface area (Å²) in [6.45, 7) is 0. The van der Waals surface area contributed by atoms with Crippen LogP contribution in [-0.4, -0.2) is 39.9 Å². The Morgan fingerprint density at radius 1 is 0.172 bits per heavy atom. The van der Waals surface area contributed by atoms with E-state index in [1.807, 2.05) is 103 Å². The molecule has 0 aliphatic carbocycles. The first-order chi connectivity index (χ1) is 60.4. The molecule has 0 saturated carbocycles. The molecule has 12 heteroatoms. The first-order valence-electron chi connectivity index (χ1n) is 40.7. The first kappa shape index (κ1) is 68.5. The fourth-order valence-electron chi connectivity index (χ4n) is 18.0. The SMILES string of the molecule is c1ccc(-c2nc(-c3cccc(-c4ccc5ccc6cccnc6c5n4)c3)cc(-c3cc(-c4cccc5c4oc4ccccc45)cc(-c4cc(-c5cnc6c(ccc7ccc(-c8cc(-c9cc(-c%10cccc%11c%10oc%10ccccc%10%11)cc(-c%10cccc%11c%10oc%10ccccc%10%11)c9)nc(-c9ccccc9)n8)nc76)c5)cc5c4oc4ccccc45)c3)n2)cc1. The van der Waals surface area contributed by atoms with Gasteiger partial charge in [0, 0.05) is 138 Å². The van der Waals surface area contributed by atoms with E-state index in [0.717, 1.165) is 237 Å². The van der Waals surface area contributed by atoms with Crippen LogP contribution in [0.1, 0.15) is 0 Å². The molecule has 0 fully saturated rings. The van der Waals surface area contributed by atoms with Gasteiger partial charge in [-0.05, 0) is 143 Å². The average Bonchev–Trinajstić information content (AvgIpc) is 1.72. The minimum absolute atomic E-state index is 0.556. The fourth-order valence-corrected chi connectivity index (χ4v) is 18.0. The first-order valence-corrected chi connectivity index (χ1v) is 40.7. The lowest BCUT2D eigenvalue weighted by atomic mass is 9.91. The van der Waals surface area contributed by atoms with E-state index in [4.69, 9.17) is 57.5 Å². The highest BCUT2D eigenvalue weighted by Gasteiger charge is 2.25. The summed E-state index contributed by atoms with van der Waals surface area (Å²) in [7, 11) is 0. The quantitative estimate of drug-likeness (QED) is 0.107. The Labute approximate surface area is 695 Å². The summed E-state index contributed by atoms with van der Waals surface area (Å²) in [4.78, 5) is 42.8. The zero-order valence-corrected chi connectivity index (χ0v) is 65.0. The van der Waals surface area contributed by atoms with Gasteiger partial charge in [-0.3, -0.25) is 9.97 Å². The Morgan fingerprint density at radius 2 is 0.541 bits per heavy atom. The van der Waals surface area contributed by atoms with E-state index < -0.39 is 0 Å². The van der Waals surface area contributed by atoms with Crippen molar-refractivity contribution in [3.63, 3.8) is 0 Å². The van der Waals surface area contributed by atoms with Crippen LogP contribution < -0.4 is 0 Å². The molecule has 12 nitrogen and oxygen atoms in total. The summed E-state index contributed by atoms with van der Waals surface area (Å²) in [6, 6.07) is 126. The fraction of sp³-hybridized carbons (Fsp3) is 0. The second-order valence-corrected chi connectivity index (χ2v) is 31.2.